The smallest absolute Gasteiger partial charge is 0.346 e. The van der Waals surface area contributed by atoms with Crippen LogP contribution in [0.2, 0.25) is 0 Å². The first-order chi connectivity index (χ1) is 17.7. The molecule has 0 saturated carbocycles. The second-order valence-electron chi connectivity index (χ2n) is 13.2. The molecule has 0 unspecified atom stereocenters. The van der Waals surface area contributed by atoms with E-state index in [2.05, 4.69) is 52.5 Å². The highest BCUT2D eigenvalue weighted by atomic mass is 16.4. The summed E-state index contributed by atoms with van der Waals surface area (Å²) in [7, 11) is 0. The minimum Gasteiger partial charge on any atom is -0.477 e. The van der Waals surface area contributed by atoms with Gasteiger partial charge in [-0.3, -0.25) is 0 Å². The lowest BCUT2D eigenvalue weighted by molar-refractivity contribution is -0.132. The van der Waals surface area contributed by atoms with Crippen molar-refractivity contribution in [1.82, 2.24) is 0 Å². The number of anilines is 1. The first kappa shape index (κ1) is 26.0. The van der Waals surface area contributed by atoms with Crippen LogP contribution in [0, 0.1) is 16.7 Å². The molecule has 6 heteroatoms. The van der Waals surface area contributed by atoms with Crippen molar-refractivity contribution in [2.45, 2.75) is 78.1 Å². The first-order valence-corrected chi connectivity index (χ1v) is 13.4. The molecular formula is C32H36N2O4. The molecule has 0 bridgehead atoms. The highest BCUT2D eigenvalue weighted by Gasteiger charge is 2.42. The molecule has 1 N–H and O–H groups in total. The van der Waals surface area contributed by atoms with E-state index in [0.29, 0.717) is 29.6 Å². The highest BCUT2D eigenvalue weighted by Crippen LogP contribution is 2.51. The molecule has 5 rings (SSSR count). The summed E-state index contributed by atoms with van der Waals surface area (Å²) in [6.07, 6.45) is 8.69. The van der Waals surface area contributed by atoms with Crippen molar-refractivity contribution < 1.29 is 14.3 Å². The molecule has 0 spiro atoms. The van der Waals surface area contributed by atoms with Crippen LogP contribution in [0.4, 0.5) is 5.69 Å². The number of carbonyl (C=O) groups is 1. The molecule has 38 heavy (non-hydrogen) atoms. The first-order valence-electron chi connectivity index (χ1n) is 13.4. The van der Waals surface area contributed by atoms with E-state index in [-0.39, 0.29) is 27.4 Å². The van der Waals surface area contributed by atoms with Crippen molar-refractivity contribution in [2.24, 2.45) is 5.41 Å². The van der Waals surface area contributed by atoms with Crippen LogP contribution in [0.5, 0.6) is 0 Å². The Kier molecular flexibility index (Phi) is 5.98. The maximum Gasteiger partial charge on any atom is 0.346 e. The van der Waals surface area contributed by atoms with Gasteiger partial charge in [-0.05, 0) is 76.8 Å². The van der Waals surface area contributed by atoms with Gasteiger partial charge in [0.2, 0.25) is 0 Å². The molecule has 0 radical (unpaired) electrons. The molecule has 198 valence electrons. The molecule has 1 aromatic heterocycles. The van der Waals surface area contributed by atoms with Gasteiger partial charge in [-0.1, -0.05) is 53.7 Å². The predicted molar refractivity (Wildman–Crippen MR) is 150 cm³/mol. The van der Waals surface area contributed by atoms with Crippen LogP contribution in [0.3, 0.4) is 0 Å². The highest BCUT2D eigenvalue weighted by molar-refractivity contribution is 5.93. The number of nitriles is 1. The summed E-state index contributed by atoms with van der Waals surface area (Å²) in [6, 6.07) is 5.97. The number of fused-ring (bicyclic) bond motifs is 2. The van der Waals surface area contributed by atoms with Gasteiger partial charge in [-0.2, -0.15) is 5.26 Å². The average Bonchev–Trinajstić information content (AvgIpc) is 2.80. The lowest BCUT2D eigenvalue weighted by Gasteiger charge is -2.48. The molecule has 3 heterocycles. The zero-order valence-electron chi connectivity index (χ0n) is 23.2. The average molecular weight is 513 g/mol. The monoisotopic (exact) mass is 512 g/mol. The molecule has 6 nitrogen and oxygen atoms in total. The second kappa shape index (κ2) is 8.73. The molecule has 2 aromatic rings. The van der Waals surface area contributed by atoms with Crippen molar-refractivity contribution in [2.75, 3.05) is 18.0 Å². The number of hydrogen-bond donors (Lipinski definition) is 1. The number of allylic oxidation sites excluding steroid dienone is 4. The van der Waals surface area contributed by atoms with Gasteiger partial charge in [0.05, 0.1) is 5.56 Å². The minimum absolute atomic E-state index is 0.0259. The number of rotatable bonds is 3. The maximum absolute atomic E-state index is 13.2. The van der Waals surface area contributed by atoms with E-state index in [1.54, 1.807) is 12.2 Å². The Hall–Kier alpha value is -3.59. The lowest BCUT2D eigenvalue weighted by Crippen LogP contribution is -2.44. The summed E-state index contributed by atoms with van der Waals surface area (Å²) < 4.78 is 6.07. The van der Waals surface area contributed by atoms with Crippen molar-refractivity contribution in [3.05, 3.63) is 68.1 Å². The van der Waals surface area contributed by atoms with Crippen LogP contribution in [-0.2, 0) is 15.6 Å². The zero-order valence-corrected chi connectivity index (χ0v) is 23.2. The summed E-state index contributed by atoms with van der Waals surface area (Å²) in [5.41, 5.74) is 5.32. The Morgan fingerprint density at radius 1 is 1.05 bits per heavy atom. The van der Waals surface area contributed by atoms with Gasteiger partial charge in [-0.25, -0.2) is 9.59 Å². The SMILES string of the molecule is CC1(C)CC(/C=C/c2cc3cc4c5c(c3oc2=O)C(C)(C)CCN5CCC4(C)C)=CC(=C(/C#N)C(=O)O)/C1. The second-order valence-corrected chi connectivity index (χ2v) is 13.2. The minimum atomic E-state index is -1.22. The standard InChI is InChI=1S/C32H36N2O4/c1-30(2)16-19(13-22(17-30)23(18-33)28(35)36)7-8-20-14-21-15-24-26-25(27(21)38-29(20)37)32(5,6)10-12-34(26)11-9-31(24,3)4/h7-8,13-15H,9-12,16-17H2,1-6H3,(H,35,36)/b8-7+,23-22+. The fourth-order valence-corrected chi connectivity index (χ4v) is 6.46. The molecule has 3 aliphatic rings. The summed E-state index contributed by atoms with van der Waals surface area (Å²) in [5.74, 6) is -1.22. The van der Waals surface area contributed by atoms with E-state index in [4.69, 9.17) is 4.42 Å². The van der Waals surface area contributed by atoms with Crippen LogP contribution in [0.1, 0.15) is 83.9 Å². The fourth-order valence-electron chi connectivity index (χ4n) is 6.46. The van der Waals surface area contributed by atoms with Crippen molar-refractivity contribution in [3.63, 3.8) is 0 Å². The van der Waals surface area contributed by atoms with E-state index in [1.165, 1.54) is 11.3 Å². The van der Waals surface area contributed by atoms with Crippen LogP contribution in [0.15, 0.2) is 50.2 Å². The van der Waals surface area contributed by atoms with Gasteiger partial charge in [0.25, 0.3) is 0 Å². The van der Waals surface area contributed by atoms with Crippen LogP contribution in [0.25, 0.3) is 17.0 Å². The molecule has 0 atom stereocenters. The quantitative estimate of drug-likeness (QED) is 0.282. The molecule has 0 amide bonds. The maximum atomic E-state index is 13.2. The fraction of sp³-hybridized carbons (Fsp3) is 0.469. The Labute approximate surface area is 223 Å². The summed E-state index contributed by atoms with van der Waals surface area (Å²) >= 11 is 0. The van der Waals surface area contributed by atoms with Crippen LogP contribution < -0.4 is 10.5 Å². The van der Waals surface area contributed by atoms with Crippen LogP contribution >= 0.6 is 0 Å². The van der Waals surface area contributed by atoms with E-state index >= 15 is 0 Å². The van der Waals surface area contributed by atoms with Crippen LogP contribution in [-0.4, -0.2) is 24.2 Å². The third-order valence-corrected chi connectivity index (χ3v) is 8.59. The number of carboxylic acid groups (broad SMARTS) is 1. The number of carboxylic acids is 1. The lowest BCUT2D eigenvalue weighted by atomic mass is 9.69. The molecule has 0 saturated heterocycles. The van der Waals surface area contributed by atoms with Gasteiger partial charge < -0.3 is 14.4 Å². The van der Waals surface area contributed by atoms with Gasteiger partial charge in [0.15, 0.2) is 0 Å². The summed E-state index contributed by atoms with van der Waals surface area (Å²) in [5, 5.41) is 19.8. The summed E-state index contributed by atoms with van der Waals surface area (Å²) in [4.78, 5) is 27.3. The third kappa shape index (κ3) is 4.38. The molecule has 0 fully saturated rings. The Bertz CT molecular complexity index is 1550. The largest absolute Gasteiger partial charge is 0.477 e. The Morgan fingerprint density at radius 2 is 1.74 bits per heavy atom. The van der Waals surface area contributed by atoms with Crippen molar-refractivity contribution >= 4 is 28.7 Å². The van der Waals surface area contributed by atoms with Gasteiger partial charge >= 0.3 is 11.6 Å². The molecule has 1 aliphatic carbocycles. The number of aliphatic carboxylic acids is 1. The van der Waals surface area contributed by atoms with Crippen molar-refractivity contribution in [3.8, 4) is 6.07 Å². The molecule has 2 aliphatic heterocycles. The number of hydrogen-bond acceptors (Lipinski definition) is 5. The predicted octanol–water partition coefficient (Wildman–Crippen LogP) is 6.63. The Balaban J connectivity index is 1.64. The molecule has 1 aromatic carbocycles. The van der Waals surface area contributed by atoms with Gasteiger partial charge in [0.1, 0.15) is 17.2 Å². The number of benzene rings is 1. The van der Waals surface area contributed by atoms with Gasteiger partial charge in [0, 0.05) is 29.7 Å². The Morgan fingerprint density at radius 3 is 2.39 bits per heavy atom. The normalized spacial score (nSPS) is 22.6. The van der Waals surface area contributed by atoms with E-state index in [9.17, 15) is 20.0 Å². The van der Waals surface area contributed by atoms with E-state index < -0.39 is 5.97 Å². The van der Waals surface area contributed by atoms with Crippen molar-refractivity contribution in [1.29, 1.82) is 5.26 Å². The molecular weight excluding hydrogens is 476 g/mol. The number of nitrogens with zero attached hydrogens (tertiary/aromatic N) is 2. The van der Waals surface area contributed by atoms with E-state index in [1.807, 2.05) is 18.2 Å². The summed E-state index contributed by atoms with van der Waals surface area (Å²) in [6.45, 7) is 15.2. The zero-order chi connectivity index (χ0) is 27.6. The van der Waals surface area contributed by atoms with E-state index in [0.717, 1.165) is 42.5 Å². The topological polar surface area (TPSA) is 94.5 Å². The third-order valence-electron chi connectivity index (χ3n) is 8.59. The van der Waals surface area contributed by atoms with Gasteiger partial charge in [-0.15, -0.1) is 0 Å².